The van der Waals surface area contributed by atoms with Crippen LogP contribution in [0.15, 0.2) is 35.0 Å². The van der Waals surface area contributed by atoms with Crippen molar-refractivity contribution >= 4 is 40.7 Å². The molecule has 0 saturated heterocycles. The Balaban J connectivity index is 2.01. The number of hydrogen-bond donors (Lipinski definition) is 1. The molecule has 1 aliphatic rings. The smallest absolute Gasteiger partial charge is 0.240 e. The summed E-state index contributed by atoms with van der Waals surface area (Å²) < 4.78 is 1.91. The summed E-state index contributed by atoms with van der Waals surface area (Å²) in [5.41, 5.74) is 6.06. The molecular formula is C27H34N4O2S2. The summed E-state index contributed by atoms with van der Waals surface area (Å²) in [5.74, 6) is 0.775. The molecule has 6 nitrogen and oxygen atoms in total. The Morgan fingerprint density at radius 2 is 2.00 bits per heavy atom. The predicted octanol–water partition coefficient (Wildman–Crippen LogP) is 5.54. The summed E-state index contributed by atoms with van der Waals surface area (Å²) in [6.45, 7) is 13.2. The topological polar surface area (TPSA) is 67.2 Å². The number of benzene rings is 1. The van der Waals surface area contributed by atoms with Crippen LogP contribution in [0.1, 0.15) is 67.3 Å². The molecule has 4 rings (SSSR count). The lowest BCUT2D eigenvalue weighted by Crippen LogP contribution is -2.42. The fraction of sp³-hybridized carbons (Fsp3) is 0.444. The van der Waals surface area contributed by atoms with Crippen molar-refractivity contribution < 1.29 is 9.59 Å². The highest BCUT2D eigenvalue weighted by atomic mass is 32.2. The maximum absolute atomic E-state index is 13.6. The van der Waals surface area contributed by atoms with Crippen LogP contribution in [0.2, 0.25) is 0 Å². The number of anilines is 1. The highest BCUT2D eigenvalue weighted by Gasteiger charge is 2.40. The van der Waals surface area contributed by atoms with E-state index in [9.17, 15) is 9.59 Å². The van der Waals surface area contributed by atoms with Crippen molar-refractivity contribution in [2.45, 2.75) is 58.6 Å². The minimum Gasteiger partial charge on any atom is -0.355 e. The molecule has 0 fully saturated rings. The van der Waals surface area contributed by atoms with Gasteiger partial charge in [-0.3, -0.25) is 14.5 Å². The Bertz CT molecular complexity index is 1220. The van der Waals surface area contributed by atoms with Crippen molar-refractivity contribution in [3.8, 4) is 5.69 Å². The van der Waals surface area contributed by atoms with Crippen molar-refractivity contribution in [1.82, 2.24) is 15.1 Å². The number of aromatic nitrogens is 2. The molecule has 2 amide bonds. The van der Waals surface area contributed by atoms with Gasteiger partial charge in [-0.25, -0.2) is 4.68 Å². The first-order valence-corrected chi connectivity index (χ1v) is 14.0. The average molecular weight is 511 g/mol. The van der Waals surface area contributed by atoms with Gasteiger partial charge in [0.25, 0.3) is 0 Å². The van der Waals surface area contributed by atoms with Crippen LogP contribution in [0.5, 0.6) is 0 Å². The van der Waals surface area contributed by atoms with Gasteiger partial charge in [0.15, 0.2) is 0 Å². The number of nitrogens with one attached hydrogen (secondary N) is 1. The number of thiophene rings is 1. The number of carbonyl (C=O) groups excluding carboxylic acids is 2. The van der Waals surface area contributed by atoms with Crippen LogP contribution < -0.4 is 10.2 Å². The van der Waals surface area contributed by atoms with Crippen LogP contribution in [0.25, 0.3) is 5.69 Å². The predicted molar refractivity (Wildman–Crippen MR) is 146 cm³/mol. The second kappa shape index (κ2) is 10.2. The molecular weight excluding hydrogens is 476 g/mol. The van der Waals surface area contributed by atoms with Gasteiger partial charge in [0, 0.05) is 17.5 Å². The number of aryl methyl sites for hydroxylation is 1. The van der Waals surface area contributed by atoms with Crippen molar-refractivity contribution in [3.63, 3.8) is 0 Å². The standard InChI is InChI=1S/C27H34N4O2S2/c1-7-12-28-21(32)14-30-22(33)16-35-24(19-11-13-34-15-19)23-25(27(4,5)6)29-31(26(23)30)20-10-8-9-17(2)18(20)3/h8-11,13,15,24H,7,12,14,16H2,1-6H3,(H,28,32)/t24-/m0/s1. The van der Waals surface area contributed by atoms with E-state index in [1.165, 1.54) is 0 Å². The van der Waals surface area contributed by atoms with Crippen LogP contribution >= 0.6 is 23.1 Å². The summed E-state index contributed by atoms with van der Waals surface area (Å²) >= 11 is 3.27. The van der Waals surface area contributed by atoms with Gasteiger partial charge in [-0.1, -0.05) is 39.8 Å². The van der Waals surface area contributed by atoms with E-state index in [1.807, 2.05) is 23.7 Å². The highest BCUT2D eigenvalue weighted by Crippen LogP contribution is 2.49. The third-order valence-corrected chi connectivity index (χ3v) is 8.28. The third kappa shape index (κ3) is 5.05. The second-order valence-electron chi connectivity index (χ2n) is 10.0. The molecule has 0 aliphatic carbocycles. The van der Waals surface area contributed by atoms with Crippen molar-refractivity contribution in [2.24, 2.45) is 0 Å². The molecule has 0 radical (unpaired) electrons. The number of nitrogens with zero attached hydrogens (tertiary/aromatic N) is 3. The van der Waals surface area contributed by atoms with Gasteiger partial charge < -0.3 is 5.32 Å². The Hall–Kier alpha value is -2.58. The number of hydrogen-bond acceptors (Lipinski definition) is 5. The summed E-state index contributed by atoms with van der Waals surface area (Å²) in [5, 5.41) is 12.3. The third-order valence-electron chi connectivity index (χ3n) is 6.32. The molecule has 0 bridgehead atoms. The fourth-order valence-electron chi connectivity index (χ4n) is 4.36. The Morgan fingerprint density at radius 3 is 2.66 bits per heavy atom. The molecule has 3 heterocycles. The van der Waals surface area contributed by atoms with Crippen LogP contribution in [0.3, 0.4) is 0 Å². The number of carbonyl (C=O) groups is 2. The Kier molecular flexibility index (Phi) is 7.43. The molecule has 0 unspecified atom stereocenters. The first kappa shape index (κ1) is 25.5. The molecule has 3 aromatic rings. The summed E-state index contributed by atoms with van der Waals surface area (Å²) in [6, 6.07) is 8.27. The van der Waals surface area contributed by atoms with E-state index in [4.69, 9.17) is 5.10 Å². The van der Waals surface area contributed by atoms with E-state index in [0.717, 1.165) is 40.1 Å². The van der Waals surface area contributed by atoms with E-state index in [0.29, 0.717) is 18.1 Å². The quantitative estimate of drug-likeness (QED) is 0.473. The van der Waals surface area contributed by atoms with Crippen molar-refractivity contribution in [2.75, 3.05) is 23.7 Å². The zero-order chi connectivity index (χ0) is 25.3. The van der Waals surface area contributed by atoms with Crippen LogP contribution in [0, 0.1) is 13.8 Å². The molecule has 1 aliphatic heterocycles. The number of fused-ring (bicyclic) bond motifs is 1. The molecule has 1 aromatic carbocycles. The maximum Gasteiger partial charge on any atom is 0.240 e. The van der Waals surface area contributed by atoms with Gasteiger partial charge in [-0.05, 0) is 59.9 Å². The second-order valence-corrected chi connectivity index (χ2v) is 11.9. The van der Waals surface area contributed by atoms with Crippen LogP contribution in [-0.2, 0) is 15.0 Å². The molecule has 0 saturated carbocycles. The Morgan fingerprint density at radius 1 is 1.23 bits per heavy atom. The van der Waals surface area contributed by atoms with Gasteiger partial charge >= 0.3 is 0 Å². The highest BCUT2D eigenvalue weighted by molar-refractivity contribution is 8.00. The first-order valence-electron chi connectivity index (χ1n) is 12.0. The molecule has 1 atom stereocenters. The van der Waals surface area contributed by atoms with E-state index >= 15 is 0 Å². The first-order chi connectivity index (χ1) is 16.6. The summed E-state index contributed by atoms with van der Waals surface area (Å²) in [6.07, 6.45) is 0.843. The van der Waals surface area contributed by atoms with E-state index in [1.54, 1.807) is 28.0 Å². The van der Waals surface area contributed by atoms with Crippen LogP contribution in [-0.4, -0.2) is 40.4 Å². The number of amides is 2. The molecule has 2 aromatic heterocycles. The van der Waals surface area contributed by atoms with E-state index in [2.05, 4.69) is 62.8 Å². The number of thioether (sulfide) groups is 1. The summed E-state index contributed by atoms with van der Waals surface area (Å²) in [7, 11) is 0. The molecule has 0 spiro atoms. The van der Waals surface area contributed by atoms with Gasteiger partial charge in [-0.15, -0.1) is 11.8 Å². The van der Waals surface area contributed by atoms with Crippen LogP contribution in [0.4, 0.5) is 5.82 Å². The lowest BCUT2D eigenvalue weighted by atomic mass is 9.87. The van der Waals surface area contributed by atoms with Gasteiger partial charge in [-0.2, -0.15) is 16.4 Å². The largest absolute Gasteiger partial charge is 0.355 e. The van der Waals surface area contributed by atoms with Crippen molar-refractivity contribution in [1.29, 1.82) is 0 Å². The average Bonchev–Trinajstić information content (AvgIpc) is 3.44. The zero-order valence-electron chi connectivity index (χ0n) is 21.3. The lowest BCUT2D eigenvalue weighted by Gasteiger charge is -2.24. The van der Waals surface area contributed by atoms with Gasteiger partial charge in [0.2, 0.25) is 11.8 Å². The molecule has 186 valence electrons. The lowest BCUT2D eigenvalue weighted by molar-refractivity contribution is -0.122. The zero-order valence-corrected chi connectivity index (χ0v) is 23.0. The van der Waals surface area contributed by atoms with E-state index in [-0.39, 0.29) is 29.0 Å². The number of rotatable bonds is 6. The minimum absolute atomic E-state index is 0.0249. The van der Waals surface area contributed by atoms with Gasteiger partial charge in [0.05, 0.1) is 22.4 Å². The van der Waals surface area contributed by atoms with E-state index < -0.39 is 0 Å². The van der Waals surface area contributed by atoms with Crippen molar-refractivity contribution in [3.05, 3.63) is 63.0 Å². The normalized spacial score (nSPS) is 16.2. The minimum atomic E-state index is -0.259. The SMILES string of the molecule is CCCNC(=O)CN1C(=O)CS[C@@H](c2ccsc2)c2c(C(C)(C)C)nn(-c3cccc(C)c3C)c21. The molecule has 1 N–H and O–H groups in total. The fourth-order valence-corrected chi connectivity index (χ4v) is 6.32. The summed E-state index contributed by atoms with van der Waals surface area (Å²) in [4.78, 5) is 28.1. The molecule has 8 heteroatoms. The maximum atomic E-state index is 13.6. The Labute approximate surface area is 216 Å². The monoisotopic (exact) mass is 510 g/mol. The molecule has 35 heavy (non-hydrogen) atoms. The van der Waals surface area contributed by atoms with Gasteiger partial charge in [0.1, 0.15) is 12.4 Å².